The van der Waals surface area contributed by atoms with Crippen molar-refractivity contribution in [1.82, 2.24) is 19.6 Å². The Labute approximate surface area is 234 Å². The number of hydrogen-bond donors (Lipinski definition) is 4. The van der Waals surface area contributed by atoms with Crippen LogP contribution in [-0.4, -0.2) is 67.4 Å². The van der Waals surface area contributed by atoms with Crippen molar-refractivity contribution in [3.05, 3.63) is 64.8 Å². The minimum Gasteiger partial charge on any atom is -0.392 e. The molecule has 10 nitrogen and oxygen atoms in total. The molecule has 3 aromatic rings. The van der Waals surface area contributed by atoms with Gasteiger partial charge in [-0.15, -0.1) is 0 Å². The quantitative estimate of drug-likeness (QED) is 0.152. The third-order valence-electron chi connectivity index (χ3n) is 6.39. The van der Waals surface area contributed by atoms with Gasteiger partial charge in [0.2, 0.25) is 16.0 Å². The van der Waals surface area contributed by atoms with Crippen molar-refractivity contribution >= 4 is 44.8 Å². The number of aryl methyl sites for hydroxylation is 1. The molecule has 39 heavy (non-hydrogen) atoms. The number of rotatable bonds is 11. The lowest BCUT2D eigenvalue weighted by molar-refractivity contribution is 0.0304. The van der Waals surface area contributed by atoms with Crippen molar-refractivity contribution in [2.75, 3.05) is 38.0 Å². The van der Waals surface area contributed by atoms with Crippen LogP contribution in [-0.2, 0) is 27.6 Å². The normalized spacial score (nSPS) is 16.4. The van der Waals surface area contributed by atoms with Gasteiger partial charge >= 0.3 is 0 Å². The molecule has 1 aliphatic rings. The molecule has 1 aliphatic carbocycles. The van der Waals surface area contributed by atoms with Crippen LogP contribution in [0, 0.1) is 0 Å². The summed E-state index contributed by atoms with van der Waals surface area (Å²) in [4.78, 5) is 8.93. The van der Waals surface area contributed by atoms with Gasteiger partial charge in [0.15, 0.2) is 5.82 Å². The number of sulfonamides is 1. The van der Waals surface area contributed by atoms with Crippen molar-refractivity contribution in [2.45, 2.75) is 49.7 Å². The lowest BCUT2D eigenvalue weighted by Gasteiger charge is -2.17. The predicted octanol–water partition coefficient (Wildman–Crippen LogP) is 4.06. The third kappa shape index (κ3) is 7.65. The van der Waals surface area contributed by atoms with Crippen LogP contribution in [0.2, 0.25) is 5.02 Å². The number of anilines is 4. The first-order valence-corrected chi connectivity index (χ1v) is 14.7. The predicted molar refractivity (Wildman–Crippen MR) is 153 cm³/mol. The molecule has 210 valence electrons. The topological polar surface area (TPSA) is 129 Å². The van der Waals surface area contributed by atoms with Gasteiger partial charge < -0.3 is 20.5 Å². The zero-order valence-electron chi connectivity index (χ0n) is 22.3. The van der Waals surface area contributed by atoms with Gasteiger partial charge in [-0.05, 0) is 68.0 Å². The van der Waals surface area contributed by atoms with Crippen LogP contribution < -0.4 is 16.0 Å². The standard InChI is InChI=1S/C27H35ClN6O4S/c1-18(35)15-29-17-38-22-8-6-7-19-13-21(12-11-20(19)14-22)31-27-30-16-23(28)26(33-27)32-24-9-4-5-10-25(24)39(36,37)34(2)3/h4-5,9-13,16,18,22,29,35H,6-8,14-15,17H2,1-3H3,(H2,30,31,32,33)/t18-,22?/m0/s1. The summed E-state index contributed by atoms with van der Waals surface area (Å²) in [5.41, 5.74) is 3.70. The van der Waals surface area contributed by atoms with Crippen LogP contribution in [0.15, 0.2) is 53.6 Å². The lowest BCUT2D eigenvalue weighted by Crippen LogP contribution is -2.29. The summed E-state index contributed by atoms with van der Waals surface area (Å²) in [7, 11) is -0.714. The van der Waals surface area contributed by atoms with Gasteiger partial charge in [-0.3, -0.25) is 5.32 Å². The zero-order chi connectivity index (χ0) is 28.0. The van der Waals surface area contributed by atoms with Gasteiger partial charge in [-0.25, -0.2) is 17.7 Å². The van der Waals surface area contributed by atoms with E-state index in [0.29, 0.717) is 24.9 Å². The molecule has 0 aliphatic heterocycles. The molecule has 0 bridgehead atoms. The number of benzene rings is 2. The van der Waals surface area contributed by atoms with Gasteiger partial charge in [0.05, 0.1) is 30.8 Å². The molecule has 0 fully saturated rings. The minimum atomic E-state index is -3.68. The van der Waals surface area contributed by atoms with Gasteiger partial charge in [0, 0.05) is 26.3 Å². The van der Waals surface area contributed by atoms with Gasteiger partial charge in [-0.2, -0.15) is 4.98 Å². The summed E-state index contributed by atoms with van der Waals surface area (Å²) >= 11 is 6.36. The van der Waals surface area contributed by atoms with Crippen LogP contribution in [0.5, 0.6) is 0 Å². The second-order valence-electron chi connectivity index (χ2n) is 9.74. The summed E-state index contributed by atoms with van der Waals surface area (Å²) in [5, 5.41) is 19.0. The molecule has 2 atom stereocenters. The Hall–Kier alpha value is -2.80. The molecular weight excluding hydrogens is 540 g/mol. The van der Waals surface area contributed by atoms with Crippen molar-refractivity contribution in [2.24, 2.45) is 0 Å². The maximum absolute atomic E-state index is 12.8. The fraction of sp³-hybridized carbons (Fsp3) is 0.407. The van der Waals surface area contributed by atoms with E-state index < -0.39 is 16.1 Å². The molecule has 0 saturated heterocycles. The first-order chi connectivity index (χ1) is 18.6. The van der Waals surface area contributed by atoms with E-state index in [0.717, 1.165) is 35.7 Å². The summed E-state index contributed by atoms with van der Waals surface area (Å²) in [5.74, 6) is 0.614. The highest BCUT2D eigenvalue weighted by Crippen LogP contribution is 2.31. The van der Waals surface area contributed by atoms with E-state index >= 15 is 0 Å². The molecule has 1 unspecified atom stereocenters. The third-order valence-corrected chi connectivity index (χ3v) is 8.54. The molecule has 12 heteroatoms. The van der Waals surface area contributed by atoms with E-state index in [4.69, 9.17) is 16.3 Å². The van der Waals surface area contributed by atoms with E-state index in [1.807, 2.05) is 6.07 Å². The molecule has 0 radical (unpaired) electrons. The number of nitrogens with one attached hydrogen (secondary N) is 3. The molecule has 0 spiro atoms. The SMILES string of the molecule is C[C@H](O)CNCOC1CCCc2cc(Nc3ncc(Cl)c(Nc4ccccc4S(=O)(=O)N(C)C)n3)ccc2C1. The maximum Gasteiger partial charge on any atom is 0.244 e. The number of aliphatic hydroxyl groups is 1. The van der Waals surface area contributed by atoms with Crippen LogP contribution in [0.4, 0.5) is 23.1 Å². The van der Waals surface area contributed by atoms with Crippen LogP contribution >= 0.6 is 11.6 Å². The summed E-state index contributed by atoms with van der Waals surface area (Å²) in [6.45, 7) is 2.66. The fourth-order valence-electron chi connectivity index (χ4n) is 4.35. The number of aliphatic hydroxyl groups excluding tert-OH is 1. The van der Waals surface area contributed by atoms with E-state index in [1.165, 1.54) is 37.5 Å². The maximum atomic E-state index is 12.8. The second kappa shape index (κ2) is 13.0. The van der Waals surface area contributed by atoms with Crippen molar-refractivity contribution in [3.63, 3.8) is 0 Å². The lowest BCUT2D eigenvalue weighted by atomic mass is 10.0. The highest BCUT2D eigenvalue weighted by Gasteiger charge is 2.22. The average molecular weight is 575 g/mol. The minimum absolute atomic E-state index is 0.117. The molecule has 1 heterocycles. The summed E-state index contributed by atoms with van der Waals surface area (Å²) in [6, 6.07) is 12.8. The van der Waals surface area contributed by atoms with Gasteiger partial charge in [0.25, 0.3) is 0 Å². The van der Waals surface area contributed by atoms with Crippen LogP contribution in [0.3, 0.4) is 0 Å². The number of aromatic nitrogens is 2. The van der Waals surface area contributed by atoms with E-state index in [-0.39, 0.29) is 21.8 Å². The van der Waals surface area contributed by atoms with Crippen molar-refractivity contribution in [3.8, 4) is 0 Å². The second-order valence-corrected chi connectivity index (χ2v) is 12.3. The Morgan fingerprint density at radius 2 is 1.97 bits per heavy atom. The number of para-hydroxylation sites is 1. The van der Waals surface area contributed by atoms with Crippen LogP contribution in [0.25, 0.3) is 0 Å². The van der Waals surface area contributed by atoms with Crippen molar-refractivity contribution in [1.29, 1.82) is 0 Å². The molecule has 2 aromatic carbocycles. The van der Waals surface area contributed by atoms with E-state index in [9.17, 15) is 13.5 Å². The molecular formula is C27H35ClN6O4S. The molecule has 4 rings (SSSR count). The van der Waals surface area contributed by atoms with Gasteiger partial charge in [-0.1, -0.05) is 29.8 Å². The monoisotopic (exact) mass is 574 g/mol. The number of fused-ring (bicyclic) bond motifs is 1. The zero-order valence-corrected chi connectivity index (χ0v) is 23.9. The van der Waals surface area contributed by atoms with E-state index in [2.05, 4.69) is 38.1 Å². The number of hydrogen-bond acceptors (Lipinski definition) is 9. The van der Waals surface area contributed by atoms with Crippen molar-refractivity contribution < 1.29 is 18.3 Å². The Kier molecular flexibility index (Phi) is 9.76. The van der Waals surface area contributed by atoms with E-state index in [1.54, 1.807) is 25.1 Å². The Bertz CT molecular complexity index is 1390. The Balaban J connectivity index is 1.47. The number of nitrogens with zero attached hydrogens (tertiary/aromatic N) is 3. The molecule has 4 N–H and O–H groups in total. The average Bonchev–Trinajstić information content (AvgIpc) is 3.10. The highest BCUT2D eigenvalue weighted by molar-refractivity contribution is 7.89. The highest BCUT2D eigenvalue weighted by atomic mass is 35.5. The first-order valence-electron chi connectivity index (χ1n) is 12.8. The fourth-order valence-corrected chi connectivity index (χ4v) is 5.53. The molecule has 1 aromatic heterocycles. The number of halogens is 1. The molecule has 0 amide bonds. The van der Waals surface area contributed by atoms with Crippen LogP contribution in [0.1, 0.15) is 30.9 Å². The Morgan fingerprint density at radius 3 is 2.74 bits per heavy atom. The summed E-state index contributed by atoms with van der Waals surface area (Å²) < 4.78 is 32.7. The first kappa shape index (κ1) is 29.2. The Morgan fingerprint density at radius 1 is 1.18 bits per heavy atom. The molecule has 0 saturated carbocycles. The van der Waals surface area contributed by atoms with Gasteiger partial charge in [0.1, 0.15) is 9.92 Å². The smallest absolute Gasteiger partial charge is 0.244 e. The largest absolute Gasteiger partial charge is 0.392 e. The summed E-state index contributed by atoms with van der Waals surface area (Å²) in [6.07, 6.45) is 4.94. The number of ether oxygens (including phenoxy) is 1.